The van der Waals surface area contributed by atoms with Gasteiger partial charge in [-0.1, -0.05) is 53.7 Å². The molecule has 1 heteroatoms. The lowest BCUT2D eigenvalue weighted by Crippen LogP contribution is -2.54. The largest absolute Gasteiger partial charge is 0.393 e. The Labute approximate surface area is 174 Å². The predicted octanol–water partition coefficient (Wildman–Crippen LogP) is 7.24. The van der Waals surface area contributed by atoms with E-state index in [-0.39, 0.29) is 6.10 Å². The molecule has 4 rings (SSSR count). The van der Waals surface area contributed by atoms with Gasteiger partial charge in [0.1, 0.15) is 0 Å². The third kappa shape index (κ3) is 3.42. The van der Waals surface area contributed by atoms with E-state index in [4.69, 9.17) is 0 Å². The molecule has 3 fully saturated rings. The zero-order chi connectivity index (χ0) is 20.3. The van der Waals surface area contributed by atoms with Crippen molar-refractivity contribution in [2.75, 3.05) is 0 Å². The van der Waals surface area contributed by atoms with Crippen molar-refractivity contribution < 1.29 is 5.11 Å². The van der Waals surface area contributed by atoms with Crippen molar-refractivity contribution in [2.45, 2.75) is 105 Å². The van der Waals surface area contributed by atoms with Crippen LogP contribution in [-0.2, 0) is 0 Å². The van der Waals surface area contributed by atoms with Crippen molar-refractivity contribution >= 4 is 0 Å². The molecule has 0 heterocycles. The molecule has 0 aromatic carbocycles. The van der Waals surface area contributed by atoms with E-state index in [1.807, 2.05) is 0 Å². The van der Waals surface area contributed by atoms with E-state index in [1.54, 1.807) is 0 Å². The normalized spacial score (nSPS) is 49.2. The van der Waals surface area contributed by atoms with E-state index in [1.165, 1.54) is 44.9 Å². The van der Waals surface area contributed by atoms with Crippen molar-refractivity contribution in [2.24, 2.45) is 51.8 Å². The molecule has 0 aliphatic heterocycles. The molecule has 28 heavy (non-hydrogen) atoms. The highest BCUT2D eigenvalue weighted by Crippen LogP contribution is 2.66. The van der Waals surface area contributed by atoms with Gasteiger partial charge in [0, 0.05) is 0 Å². The maximum atomic E-state index is 10.2. The Balaban J connectivity index is 1.50. The van der Waals surface area contributed by atoms with Crippen LogP contribution in [0.2, 0.25) is 0 Å². The zero-order valence-electron chi connectivity index (χ0n) is 19.5. The Morgan fingerprint density at radius 1 is 1.00 bits per heavy atom. The summed E-state index contributed by atoms with van der Waals surface area (Å²) < 4.78 is 0. The summed E-state index contributed by atoms with van der Waals surface area (Å²) in [4.78, 5) is 0. The van der Waals surface area contributed by atoms with Gasteiger partial charge < -0.3 is 5.11 Å². The minimum absolute atomic E-state index is 0.0251. The van der Waals surface area contributed by atoms with Gasteiger partial charge in [-0.05, 0) is 110 Å². The zero-order valence-corrected chi connectivity index (χ0v) is 19.5. The van der Waals surface area contributed by atoms with Crippen LogP contribution in [0.15, 0.2) is 12.2 Å². The fourth-order valence-corrected chi connectivity index (χ4v) is 8.40. The van der Waals surface area contributed by atoms with Gasteiger partial charge in [-0.15, -0.1) is 0 Å². The molecule has 0 spiro atoms. The number of aliphatic hydroxyl groups is 1. The third-order valence-corrected chi connectivity index (χ3v) is 10.2. The third-order valence-electron chi connectivity index (χ3n) is 10.2. The van der Waals surface area contributed by atoms with Gasteiger partial charge in [-0.25, -0.2) is 0 Å². The minimum atomic E-state index is -0.0251. The van der Waals surface area contributed by atoms with Gasteiger partial charge in [-0.2, -0.15) is 0 Å². The maximum Gasteiger partial charge on any atom is 0.0543 e. The van der Waals surface area contributed by atoms with Crippen LogP contribution in [0.3, 0.4) is 0 Å². The summed E-state index contributed by atoms with van der Waals surface area (Å²) in [5, 5.41) is 10.2. The average Bonchev–Trinajstić information content (AvgIpc) is 2.97. The van der Waals surface area contributed by atoms with Crippen molar-refractivity contribution in [1.29, 1.82) is 0 Å². The van der Waals surface area contributed by atoms with E-state index >= 15 is 0 Å². The second-order valence-electron chi connectivity index (χ2n) is 13.0. The first kappa shape index (κ1) is 21.0. The summed E-state index contributed by atoms with van der Waals surface area (Å²) in [6.45, 7) is 14.9. The van der Waals surface area contributed by atoms with E-state index in [0.717, 1.165) is 48.3 Å². The first-order chi connectivity index (χ1) is 13.0. The van der Waals surface area contributed by atoms with Crippen LogP contribution in [0.5, 0.6) is 0 Å². The molecule has 0 bridgehead atoms. The fraction of sp³-hybridized carbons (Fsp3) is 0.926. The molecule has 0 amide bonds. The van der Waals surface area contributed by atoms with Gasteiger partial charge in [-0.3, -0.25) is 0 Å². The maximum absolute atomic E-state index is 10.2. The summed E-state index contributed by atoms with van der Waals surface area (Å²) in [5.74, 6) is 4.95. The number of fused-ring (bicyclic) bond motifs is 5. The molecule has 0 saturated heterocycles. The van der Waals surface area contributed by atoms with E-state index in [0.29, 0.717) is 16.2 Å². The lowest BCUT2D eigenvalue weighted by atomic mass is 9.44. The van der Waals surface area contributed by atoms with E-state index in [2.05, 4.69) is 53.7 Å². The Hall–Kier alpha value is -0.300. The first-order valence-electron chi connectivity index (χ1n) is 12.4. The number of rotatable bonds is 3. The van der Waals surface area contributed by atoms with Gasteiger partial charge in [0.25, 0.3) is 0 Å². The molecule has 4 aliphatic rings. The second-order valence-corrected chi connectivity index (χ2v) is 13.0. The predicted molar refractivity (Wildman–Crippen MR) is 119 cm³/mol. The number of hydrogen-bond donors (Lipinski definition) is 1. The summed E-state index contributed by atoms with van der Waals surface area (Å²) >= 11 is 0. The Morgan fingerprint density at radius 2 is 1.71 bits per heavy atom. The minimum Gasteiger partial charge on any atom is -0.393 e. The van der Waals surface area contributed by atoms with Crippen LogP contribution in [0.4, 0.5) is 0 Å². The van der Waals surface area contributed by atoms with Crippen LogP contribution < -0.4 is 0 Å². The quantitative estimate of drug-likeness (QED) is 0.507. The van der Waals surface area contributed by atoms with Gasteiger partial charge >= 0.3 is 0 Å². The van der Waals surface area contributed by atoms with Crippen LogP contribution in [0.1, 0.15) is 99.3 Å². The summed E-state index contributed by atoms with van der Waals surface area (Å²) in [5.41, 5.74) is 1.44. The van der Waals surface area contributed by atoms with Crippen LogP contribution >= 0.6 is 0 Å². The number of allylic oxidation sites excluding steroid dienone is 2. The van der Waals surface area contributed by atoms with Gasteiger partial charge in [0.05, 0.1) is 6.10 Å². The van der Waals surface area contributed by atoms with Crippen LogP contribution in [-0.4, -0.2) is 11.2 Å². The molecule has 4 aliphatic carbocycles. The molecular formula is C27H46O. The van der Waals surface area contributed by atoms with Crippen molar-refractivity contribution in [3.8, 4) is 0 Å². The Bertz CT molecular complexity index is 600. The Morgan fingerprint density at radius 3 is 2.43 bits per heavy atom. The molecule has 9 atom stereocenters. The van der Waals surface area contributed by atoms with Gasteiger partial charge in [0.15, 0.2) is 0 Å². The lowest BCUT2D eigenvalue weighted by Gasteiger charge is -2.61. The second kappa shape index (κ2) is 7.14. The molecule has 0 radical (unpaired) electrons. The molecule has 0 aromatic rings. The van der Waals surface area contributed by atoms with Crippen molar-refractivity contribution in [3.63, 3.8) is 0 Å². The lowest BCUT2D eigenvalue weighted by molar-refractivity contribution is -0.124. The molecule has 1 N–H and O–H groups in total. The number of aliphatic hydroxyl groups excluding tert-OH is 1. The van der Waals surface area contributed by atoms with Crippen molar-refractivity contribution in [1.82, 2.24) is 0 Å². The fourth-order valence-electron chi connectivity index (χ4n) is 8.40. The van der Waals surface area contributed by atoms with Crippen LogP contribution in [0.25, 0.3) is 0 Å². The molecule has 0 aromatic heterocycles. The van der Waals surface area contributed by atoms with E-state index in [9.17, 15) is 5.11 Å². The highest BCUT2D eigenvalue weighted by atomic mass is 16.3. The Kier molecular flexibility index (Phi) is 5.34. The van der Waals surface area contributed by atoms with Crippen molar-refractivity contribution in [3.05, 3.63) is 12.2 Å². The topological polar surface area (TPSA) is 20.2 Å². The average molecular weight is 387 g/mol. The molecule has 0 unspecified atom stereocenters. The molecular weight excluding hydrogens is 340 g/mol. The standard InChI is InChI=1S/C27H46O/c1-18(11-14-25(2,3)4)22-9-10-23-21-8-7-19-17-20(28)12-15-26(19,5)24(21)13-16-27(22,23)6/h9-10,18-24,28H,7-8,11-17H2,1-6H3/t18-,19+,20+,21+,22-,23+,24+,26+,27-/m1/s1. The summed E-state index contributed by atoms with van der Waals surface area (Å²) in [7, 11) is 0. The summed E-state index contributed by atoms with van der Waals surface area (Å²) in [6.07, 6.45) is 17.0. The van der Waals surface area contributed by atoms with Gasteiger partial charge in [0.2, 0.25) is 0 Å². The summed E-state index contributed by atoms with van der Waals surface area (Å²) in [6, 6.07) is 0. The molecule has 1 nitrogen and oxygen atoms in total. The van der Waals surface area contributed by atoms with E-state index < -0.39 is 0 Å². The first-order valence-corrected chi connectivity index (χ1v) is 12.4. The monoisotopic (exact) mass is 386 g/mol. The highest BCUT2D eigenvalue weighted by Gasteiger charge is 2.59. The van der Waals surface area contributed by atoms with Crippen LogP contribution in [0, 0.1) is 51.8 Å². The molecule has 160 valence electrons. The SMILES string of the molecule is C[C@H](CCC(C)(C)C)[C@H]1C=C[C@H]2[C@@H]3CC[C@H]4C[C@@H](O)CC[C@]4(C)[C@H]3CC[C@]12C. The highest BCUT2D eigenvalue weighted by molar-refractivity contribution is 5.19. The number of hydrogen-bond acceptors (Lipinski definition) is 1. The molecule has 3 saturated carbocycles. The smallest absolute Gasteiger partial charge is 0.0543 e.